The first kappa shape index (κ1) is 16.1. The number of anilines is 1. The molecule has 0 amide bonds. The van der Waals surface area contributed by atoms with E-state index in [9.17, 15) is 8.42 Å². The summed E-state index contributed by atoms with van der Waals surface area (Å²) in [6, 6.07) is 5.16. The predicted molar refractivity (Wildman–Crippen MR) is 82.7 cm³/mol. The van der Waals surface area contributed by atoms with E-state index in [1.807, 2.05) is 0 Å². The van der Waals surface area contributed by atoms with E-state index in [0.29, 0.717) is 21.4 Å². The van der Waals surface area contributed by atoms with Crippen molar-refractivity contribution in [1.82, 2.24) is 10.1 Å². The SMILES string of the molecule is CN(CCS(C)(=O)=O)c1nc(-c2cc(Cl)cc(Cl)c2)no1. The molecule has 2 aromatic rings. The largest absolute Gasteiger partial charge is 0.326 e. The molecule has 1 aromatic carbocycles. The van der Waals surface area contributed by atoms with Crippen LogP contribution in [0.2, 0.25) is 10.0 Å². The summed E-state index contributed by atoms with van der Waals surface area (Å²) in [5.41, 5.74) is 0.624. The van der Waals surface area contributed by atoms with Gasteiger partial charge in [-0.15, -0.1) is 0 Å². The van der Waals surface area contributed by atoms with Crippen LogP contribution in [0.1, 0.15) is 0 Å². The fraction of sp³-hybridized carbons (Fsp3) is 0.333. The van der Waals surface area contributed by atoms with Gasteiger partial charge in [-0.3, -0.25) is 0 Å². The van der Waals surface area contributed by atoms with E-state index in [1.54, 1.807) is 30.1 Å². The first-order valence-corrected chi connectivity index (χ1v) is 8.75. The Morgan fingerprint density at radius 2 is 1.86 bits per heavy atom. The zero-order valence-electron chi connectivity index (χ0n) is 11.4. The van der Waals surface area contributed by atoms with E-state index in [1.165, 1.54) is 6.26 Å². The third-order valence-corrected chi connectivity index (χ3v) is 4.02. The molecule has 0 fully saturated rings. The minimum Gasteiger partial charge on any atom is -0.326 e. The normalized spacial score (nSPS) is 11.6. The highest BCUT2D eigenvalue weighted by Crippen LogP contribution is 2.26. The fourth-order valence-corrected chi connectivity index (χ4v) is 2.70. The number of rotatable bonds is 5. The number of halogens is 2. The minimum atomic E-state index is -3.05. The molecule has 1 heterocycles. The van der Waals surface area contributed by atoms with Crippen molar-refractivity contribution in [2.75, 3.05) is 30.5 Å². The van der Waals surface area contributed by atoms with Crippen LogP contribution in [0, 0.1) is 0 Å². The summed E-state index contributed by atoms with van der Waals surface area (Å²) in [7, 11) is -1.38. The van der Waals surface area contributed by atoms with E-state index < -0.39 is 9.84 Å². The zero-order chi connectivity index (χ0) is 15.6. The summed E-state index contributed by atoms with van der Waals surface area (Å²) >= 11 is 11.8. The van der Waals surface area contributed by atoms with Gasteiger partial charge in [0.1, 0.15) is 9.84 Å². The second-order valence-electron chi connectivity index (χ2n) is 4.61. The fourth-order valence-electron chi connectivity index (χ4n) is 1.57. The molecule has 1 aromatic heterocycles. The summed E-state index contributed by atoms with van der Waals surface area (Å²) < 4.78 is 27.4. The van der Waals surface area contributed by atoms with E-state index >= 15 is 0 Å². The third kappa shape index (κ3) is 4.59. The Labute approximate surface area is 132 Å². The Kier molecular flexibility index (Phi) is 4.75. The number of hydrogen-bond donors (Lipinski definition) is 0. The van der Waals surface area contributed by atoms with Gasteiger partial charge in [-0.05, 0) is 18.2 Å². The maximum Gasteiger partial charge on any atom is 0.324 e. The maximum absolute atomic E-state index is 11.1. The van der Waals surface area contributed by atoms with Gasteiger partial charge >= 0.3 is 6.01 Å². The van der Waals surface area contributed by atoms with E-state index in [-0.39, 0.29) is 18.3 Å². The number of benzene rings is 1. The van der Waals surface area contributed by atoms with Crippen molar-refractivity contribution in [3.05, 3.63) is 28.2 Å². The molecule has 0 atom stereocenters. The monoisotopic (exact) mass is 349 g/mol. The molecule has 0 aliphatic heterocycles. The molecule has 6 nitrogen and oxygen atoms in total. The van der Waals surface area contributed by atoms with Crippen LogP contribution in [0.4, 0.5) is 6.01 Å². The maximum atomic E-state index is 11.1. The predicted octanol–water partition coefficient (Wildman–Crippen LogP) is 2.52. The number of nitrogens with zero attached hydrogens (tertiary/aromatic N) is 3. The molecule has 0 aliphatic carbocycles. The molecule has 0 aliphatic rings. The van der Waals surface area contributed by atoms with Crippen LogP contribution >= 0.6 is 23.2 Å². The van der Waals surface area contributed by atoms with Gasteiger partial charge in [0.2, 0.25) is 5.82 Å². The van der Waals surface area contributed by atoms with Crippen molar-refractivity contribution in [3.8, 4) is 11.4 Å². The van der Waals surface area contributed by atoms with Crippen LogP contribution in [0.15, 0.2) is 22.7 Å². The van der Waals surface area contributed by atoms with Crippen molar-refractivity contribution in [1.29, 1.82) is 0 Å². The van der Waals surface area contributed by atoms with Gasteiger partial charge in [0.25, 0.3) is 0 Å². The number of sulfone groups is 1. The molecule has 0 spiro atoms. The summed E-state index contributed by atoms with van der Waals surface area (Å²) in [6.45, 7) is 0.261. The lowest BCUT2D eigenvalue weighted by atomic mass is 10.2. The summed E-state index contributed by atoms with van der Waals surface area (Å²) in [5.74, 6) is 0.338. The highest BCUT2D eigenvalue weighted by molar-refractivity contribution is 7.90. The summed E-state index contributed by atoms with van der Waals surface area (Å²) in [6.07, 6.45) is 1.17. The highest BCUT2D eigenvalue weighted by atomic mass is 35.5. The quantitative estimate of drug-likeness (QED) is 0.825. The lowest BCUT2D eigenvalue weighted by molar-refractivity contribution is 0.420. The number of hydrogen-bond acceptors (Lipinski definition) is 6. The van der Waals surface area contributed by atoms with Crippen molar-refractivity contribution in [2.45, 2.75) is 0 Å². The van der Waals surface area contributed by atoms with Gasteiger partial charge in [-0.25, -0.2) is 8.42 Å². The molecule has 9 heteroatoms. The molecular weight excluding hydrogens is 337 g/mol. The molecule has 0 saturated carbocycles. The molecule has 21 heavy (non-hydrogen) atoms. The van der Waals surface area contributed by atoms with Crippen LogP contribution in [-0.2, 0) is 9.84 Å². The van der Waals surface area contributed by atoms with Crippen molar-refractivity contribution < 1.29 is 12.9 Å². The van der Waals surface area contributed by atoms with Crippen LogP contribution in [-0.4, -0.2) is 44.2 Å². The topological polar surface area (TPSA) is 76.3 Å². The lowest BCUT2D eigenvalue weighted by Gasteiger charge is -2.11. The molecule has 114 valence electrons. The van der Waals surface area contributed by atoms with Crippen molar-refractivity contribution in [3.63, 3.8) is 0 Å². The van der Waals surface area contributed by atoms with Crippen molar-refractivity contribution >= 4 is 39.1 Å². The molecule has 0 saturated heterocycles. The zero-order valence-corrected chi connectivity index (χ0v) is 13.7. The van der Waals surface area contributed by atoms with Gasteiger partial charge in [0, 0.05) is 35.5 Å². The smallest absolute Gasteiger partial charge is 0.324 e. The van der Waals surface area contributed by atoms with Gasteiger partial charge < -0.3 is 9.42 Å². The average Bonchev–Trinajstić information content (AvgIpc) is 2.83. The van der Waals surface area contributed by atoms with Gasteiger partial charge in [-0.2, -0.15) is 4.98 Å². The van der Waals surface area contributed by atoms with Crippen LogP contribution < -0.4 is 4.90 Å². The minimum absolute atomic E-state index is 0.00417. The van der Waals surface area contributed by atoms with E-state index in [2.05, 4.69) is 10.1 Å². The summed E-state index contributed by atoms with van der Waals surface area (Å²) in [4.78, 5) is 5.77. The molecule has 0 unspecified atom stereocenters. The summed E-state index contributed by atoms with van der Waals surface area (Å²) in [5, 5.41) is 4.77. The van der Waals surface area contributed by atoms with E-state index in [0.717, 1.165) is 0 Å². The Bertz CT molecular complexity index is 726. The molecule has 0 radical (unpaired) electrons. The Hall–Kier alpha value is -1.31. The molecular formula is C12H13Cl2N3O3S. The van der Waals surface area contributed by atoms with Gasteiger partial charge in [-0.1, -0.05) is 28.4 Å². The third-order valence-electron chi connectivity index (χ3n) is 2.66. The number of aromatic nitrogens is 2. The molecule has 0 bridgehead atoms. The first-order valence-electron chi connectivity index (χ1n) is 5.93. The highest BCUT2D eigenvalue weighted by Gasteiger charge is 2.14. The van der Waals surface area contributed by atoms with Gasteiger partial charge in [0.05, 0.1) is 5.75 Å². The standard InChI is InChI=1S/C12H13Cl2N3O3S/c1-17(3-4-21(2,18)19)12-15-11(16-20-12)8-5-9(13)7-10(14)6-8/h5-7H,3-4H2,1-2H3. The van der Waals surface area contributed by atoms with Gasteiger partial charge in [0.15, 0.2) is 0 Å². The Balaban J connectivity index is 2.17. The second-order valence-corrected chi connectivity index (χ2v) is 7.74. The Morgan fingerprint density at radius 3 is 2.43 bits per heavy atom. The second kappa shape index (κ2) is 6.21. The molecule has 2 rings (SSSR count). The Morgan fingerprint density at radius 1 is 1.24 bits per heavy atom. The van der Waals surface area contributed by atoms with Crippen LogP contribution in [0.5, 0.6) is 0 Å². The van der Waals surface area contributed by atoms with E-state index in [4.69, 9.17) is 27.7 Å². The van der Waals surface area contributed by atoms with Crippen molar-refractivity contribution in [2.24, 2.45) is 0 Å². The first-order chi connectivity index (χ1) is 9.74. The average molecular weight is 350 g/mol. The van der Waals surface area contributed by atoms with Crippen LogP contribution in [0.3, 0.4) is 0 Å². The van der Waals surface area contributed by atoms with Crippen LogP contribution in [0.25, 0.3) is 11.4 Å². The lowest BCUT2D eigenvalue weighted by Crippen LogP contribution is -2.25. The molecule has 0 N–H and O–H groups in total.